The molecule has 0 unspecified atom stereocenters. The van der Waals surface area contributed by atoms with E-state index < -0.39 is 6.04 Å². The molecule has 3 amide bonds. The molecule has 2 aliphatic rings. The van der Waals surface area contributed by atoms with Gasteiger partial charge in [-0.15, -0.1) is 0 Å². The summed E-state index contributed by atoms with van der Waals surface area (Å²) in [6.07, 6.45) is 0. The lowest BCUT2D eigenvalue weighted by Gasteiger charge is -2.31. The van der Waals surface area contributed by atoms with Crippen LogP contribution in [0.15, 0.2) is 59.8 Å². The summed E-state index contributed by atoms with van der Waals surface area (Å²) in [7, 11) is 3.30. The number of carbonyl (C=O) groups is 2. The number of hydrogen-bond donors (Lipinski definition) is 1. The maximum absolute atomic E-state index is 13.3. The molecule has 1 N–H and O–H groups in total. The van der Waals surface area contributed by atoms with Gasteiger partial charge in [0.1, 0.15) is 5.75 Å². The predicted octanol–water partition coefficient (Wildman–Crippen LogP) is 3.00. The molecule has 0 spiro atoms. The first-order valence-electron chi connectivity index (χ1n) is 8.79. The standard InChI is InChI=1S/C21H21N3O3/c1-13-4-6-14(7-5-13)19-18-17(23(2)21(26)22-19)12-24(20(18)25)15-8-10-16(27-3)11-9-15/h4-11,19H,12H2,1-3H3,(H,22,26)/t19-/m0/s1. The Bertz CT molecular complexity index is 932. The van der Waals surface area contributed by atoms with Gasteiger partial charge in [0.05, 0.1) is 31.0 Å². The number of likely N-dealkylation sites (N-methyl/N-ethyl adjacent to an activating group) is 1. The van der Waals surface area contributed by atoms with Gasteiger partial charge < -0.3 is 15.0 Å². The van der Waals surface area contributed by atoms with Gasteiger partial charge in [-0.2, -0.15) is 0 Å². The Hall–Kier alpha value is -3.28. The average Bonchev–Trinajstić information content (AvgIpc) is 3.03. The molecule has 4 rings (SSSR count). The van der Waals surface area contributed by atoms with Gasteiger partial charge in [-0.25, -0.2) is 4.79 Å². The van der Waals surface area contributed by atoms with Gasteiger partial charge in [-0.3, -0.25) is 9.69 Å². The Labute approximate surface area is 158 Å². The van der Waals surface area contributed by atoms with Crippen molar-refractivity contribution in [3.63, 3.8) is 0 Å². The van der Waals surface area contributed by atoms with Crippen molar-refractivity contribution in [2.45, 2.75) is 13.0 Å². The van der Waals surface area contributed by atoms with Crippen LogP contribution in [0, 0.1) is 6.92 Å². The second-order valence-corrected chi connectivity index (χ2v) is 6.80. The highest BCUT2D eigenvalue weighted by Crippen LogP contribution is 2.37. The summed E-state index contributed by atoms with van der Waals surface area (Å²) in [6, 6.07) is 14.6. The highest BCUT2D eigenvalue weighted by Gasteiger charge is 2.43. The summed E-state index contributed by atoms with van der Waals surface area (Å²) in [4.78, 5) is 28.9. The van der Waals surface area contributed by atoms with Crippen LogP contribution in [0.5, 0.6) is 5.75 Å². The first-order chi connectivity index (χ1) is 13.0. The molecule has 138 valence electrons. The summed E-state index contributed by atoms with van der Waals surface area (Å²) in [5, 5.41) is 2.96. The molecule has 6 heteroatoms. The van der Waals surface area contributed by atoms with Crippen molar-refractivity contribution in [3.8, 4) is 5.75 Å². The van der Waals surface area contributed by atoms with Gasteiger partial charge in [-0.1, -0.05) is 29.8 Å². The molecule has 0 aliphatic carbocycles. The number of aryl methyl sites for hydroxylation is 1. The highest BCUT2D eigenvalue weighted by atomic mass is 16.5. The molecule has 0 saturated heterocycles. The monoisotopic (exact) mass is 363 g/mol. The molecule has 0 fully saturated rings. The minimum absolute atomic E-state index is 0.0902. The number of benzene rings is 2. The van der Waals surface area contributed by atoms with Crippen LogP contribution in [0.25, 0.3) is 0 Å². The summed E-state index contributed by atoms with van der Waals surface area (Å²) in [5.74, 6) is 0.641. The van der Waals surface area contributed by atoms with E-state index in [9.17, 15) is 9.59 Å². The number of carbonyl (C=O) groups excluding carboxylic acids is 2. The Balaban J connectivity index is 1.72. The van der Waals surface area contributed by atoms with Crippen LogP contribution < -0.4 is 15.0 Å². The van der Waals surface area contributed by atoms with Crippen molar-refractivity contribution < 1.29 is 14.3 Å². The van der Waals surface area contributed by atoms with E-state index in [2.05, 4.69) is 5.32 Å². The Morgan fingerprint density at radius 1 is 1.04 bits per heavy atom. The zero-order valence-corrected chi connectivity index (χ0v) is 15.5. The molecule has 6 nitrogen and oxygen atoms in total. The van der Waals surface area contributed by atoms with E-state index in [-0.39, 0.29) is 11.9 Å². The summed E-state index contributed by atoms with van der Waals surface area (Å²) in [5.41, 5.74) is 4.17. The number of ether oxygens (including phenoxy) is 1. The van der Waals surface area contributed by atoms with E-state index in [1.54, 1.807) is 19.1 Å². The third-order valence-corrected chi connectivity index (χ3v) is 5.16. The van der Waals surface area contributed by atoms with Gasteiger partial charge >= 0.3 is 6.03 Å². The predicted molar refractivity (Wildman–Crippen MR) is 103 cm³/mol. The molecule has 27 heavy (non-hydrogen) atoms. The van der Waals surface area contributed by atoms with Gasteiger partial charge in [-0.05, 0) is 36.8 Å². The van der Waals surface area contributed by atoms with Crippen LogP contribution in [-0.2, 0) is 4.79 Å². The molecule has 2 heterocycles. The highest BCUT2D eigenvalue weighted by molar-refractivity contribution is 6.11. The smallest absolute Gasteiger partial charge is 0.322 e. The van der Waals surface area contributed by atoms with Crippen LogP contribution >= 0.6 is 0 Å². The molecule has 0 aromatic heterocycles. The number of urea groups is 1. The second kappa shape index (κ2) is 6.46. The molecule has 2 aromatic carbocycles. The lowest BCUT2D eigenvalue weighted by Crippen LogP contribution is -2.45. The largest absolute Gasteiger partial charge is 0.497 e. The van der Waals surface area contributed by atoms with Gasteiger partial charge in [0, 0.05) is 12.7 Å². The number of amides is 3. The lowest BCUT2D eigenvalue weighted by atomic mass is 9.95. The number of nitrogens with one attached hydrogen (secondary N) is 1. The fraction of sp³-hybridized carbons (Fsp3) is 0.238. The van der Waals surface area contributed by atoms with Gasteiger partial charge in [0.15, 0.2) is 0 Å². The number of methoxy groups -OCH3 is 1. The van der Waals surface area contributed by atoms with E-state index in [0.717, 1.165) is 28.3 Å². The third-order valence-electron chi connectivity index (χ3n) is 5.16. The first kappa shape index (κ1) is 17.1. The quantitative estimate of drug-likeness (QED) is 0.912. The maximum Gasteiger partial charge on any atom is 0.322 e. The van der Waals surface area contributed by atoms with Crippen LogP contribution in [0.2, 0.25) is 0 Å². The minimum Gasteiger partial charge on any atom is -0.497 e. The summed E-state index contributed by atoms with van der Waals surface area (Å²) in [6.45, 7) is 2.38. The molecular formula is C21H21N3O3. The SMILES string of the molecule is COc1ccc(N2CC3=C(C2=O)[C@H](c2ccc(C)cc2)NC(=O)N3C)cc1. The van der Waals surface area contributed by atoms with E-state index in [4.69, 9.17) is 4.74 Å². The topological polar surface area (TPSA) is 61.9 Å². The second-order valence-electron chi connectivity index (χ2n) is 6.80. The zero-order valence-electron chi connectivity index (χ0n) is 15.5. The molecule has 0 radical (unpaired) electrons. The lowest BCUT2D eigenvalue weighted by molar-refractivity contribution is -0.114. The Morgan fingerprint density at radius 2 is 1.70 bits per heavy atom. The Morgan fingerprint density at radius 3 is 2.33 bits per heavy atom. The number of anilines is 1. The molecule has 0 saturated carbocycles. The normalized spacial score (nSPS) is 19.3. The third kappa shape index (κ3) is 2.83. The van der Waals surface area contributed by atoms with Gasteiger partial charge in [0.2, 0.25) is 0 Å². The van der Waals surface area contributed by atoms with E-state index in [1.807, 2.05) is 55.5 Å². The van der Waals surface area contributed by atoms with Crippen molar-refractivity contribution in [3.05, 3.63) is 70.9 Å². The fourth-order valence-electron chi connectivity index (χ4n) is 3.55. The van der Waals surface area contributed by atoms with Crippen LogP contribution in [-0.4, -0.2) is 37.5 Å². The van der Waals surface area contributed by atoms with Crippen molar-refractivity contribution in [1.29, 1.82) is 0 Å². The minimum atomic E-state index is -0.444. The Kier molecular flexibility index (Phi) is 4.11. The van der Waals surface area contributed by atoms with Crippen molar-refractivity contribution in [1.82, 2.24) is 10.2 Å². The molecule has 1 atom stereocenters. The van der Waals surface area contributed by atoms with Crippen molar-refractivity contribution in [2.75, 3.05) is 25.6 Å². The maximum atomic E-state index is 13.3. The fourth-order valence-corrected chi connectivity index (χ4v) is 3.55. The molecular weight excluding hydrogens is 342 g/mol. The first-order valence-corrected chi connectivity index (χ1v) is 8.79. The average molecular weight is 363 g/mol. The van der Waals surface area contributed by atoms with Gasteiger partial charge in [0.25, 0.3) is 5.91 Å². The summed E-state index contributed by atoms with van der Waals surface area (Å²) >= 11 is 0. The number of hydrogen-bond acceptors (Lipinski definition) is 3. The molecule has 0 bridgehead atoms. The molecule has 2 aromatic rings. The summed E-state index contributed by atoms with van der Waals surface area (Å²) < 4.78 is 5.19. The van der Waals surface area contributed by atoms with E-state index in [0.29, 0.717) is 12.1 Å². The van der Waals surface area contributed by atoms with Crippen molar-refractivity contribution in [2.24, 2.45) is 0 Å². The van der Waals surface area contributed by atoms with Crippen LogP contribution in [0.4, 0.5) is 10.5 Å². The van der Waals surface area contributed by atoms with E-state index in [1.165, 1.54) is 4.90 Å². The van der Waals surface area contributed by atoms with Crippen LogP contribution in [0.3, 0.4) is 0 Å². The van der Waals surface area contributed by atoms with E-state index >= 15 is 0 Å². The van der Waals surface area contributed by atoms with Crippen molar-refractivity contribution >= 4 is 17.6 Å². The molecule has 2 aliphatic heterocycles. The number of nitrogens with zero attached hydrogens (tertiary/aromatic N) is 2. The van der Waals surface area contributed by atoms with Crippen LogP contribution in [0.1, 0.15) is 17.2 Å². The zero-order chi connectivity index (χ0) is 19.1. The number of rotatable bonds is 3.